The smallest absolute Gasteiger partial charge is 0.319 e. The van der Waals surface area contributed by atoms with E-state index in [0.29, 0.717) is 18.4 Å². The molecule has 5 heteroatoms. The number of hydrogen-bond donors (Lipinski definition) is 2. The molecule has 0 aromatic heterocycles. The molecule has 5 nitrogen and oxygen atoms in total. The number of carboxylic acid groups (broad SMARTS) is 1. The molecular formula is C14H14N2O3. The fourth-order valence-corrected chi connectivity index (χ4v) is 2.17. The van der Waals surface area contributed by atoms with E-state index in [9.17, 15) is 9.59 Å². The highest BCUT2D eigenvalue weighted by Gasteiger charge is 2.50. The van der Waals surface area contributed by atoms with Crippen LogP contribution in [-0.4, -0.2) is 17.0 Å². The summed E-state index contributed by atoms with van der Waals surface area (Å²) >= 11 is 0. The van der Waals surface area contributed by atoms with Crippen molar-refractivity contribution in [1.29, 1.82) is 5.26 Å². The Bertz CT molecular complexity index is 556. The predicted molar refractivity (Wildman–Crippen MR) is 66.9 cm³/mol. The van der Waals surface area contributed by atoms with Crippen LogP contribution in [-0.2, 0) is 16.1 Å². The molecule has 0 spiro atoms. The summed E-state index contributed by atoms with van der Waals surface area (Å²) in [5.41, 5.74) is 0.0583. The molecule has 0 saturated heterocycles. The predicted octanol–water partition coefficient (Wildman–Crippen LogP) is 1.43. The third-order valence-corrected chi connectivity index (χ3v) is 3.56. The molecule has 1 aromatic carbocycles. The first-order chi connectivity index (χ1) is 9.08. The van der Waals surface area contributed by atoms with Crippen molar-refractivity contribution in [2.45, 2.75) is 25.8 Å². The van der Waals surface area contributed by atoms with Crippen molar-refractivity contribution in [3.63, 3.8) is 0 Å². The van der Waals surface area contributed by atoms with Crippen LogP contribution >= 0.6 is 0 Å². The van der Waals surface area contributed by atoms with Gasteiger partial charge in [0.2, 0.25) is 5.91 Å². The van der Waals surface area contributed by atoms with E-state index in [-0.39, 0.29) is 6.54 Å². The van der Waals surface area contributed by atoms with Crippen molar-refractivity contribution >= 4 is 11.9 Å². The van der Waals surface area contributed by atoms with Crippen LogP contribution in [0.1, 0.15) is 30.4 Å². The molecule has 0 unspecified atom stereocenters. The normalized spacial score (nSPS) is 15.9. The SMILES string of the molecule is N#Cc1cccc(CNC(=O)C2(C(=O)O)CCC2)c1. The lowest BCUT2D eigenvalue weighted by molar-refractivity contribution is -0.162. The van der Waals surface area contributed by atoms with E-state index in [1.807, 2.05) is 6.07 Å². The molecule has 1 aliphatic rings. The molecule has 1 saturated carbocycles. The maximum atomic E-state index is 12.0. The Morgan fingerprint density at radius 2 is 2.16 bits per heavy atom. The monoisotopic (exact) mass is 258 g/mol. The number of benzene rings is 1. The summed E-state index contributed by atoms with van der Waals surface area (Å²) in [6.07, 6.45) is 1.56. The van der Waals surface area contributed by atoms with Crippen molar-refractivity contribution in [1.82, 2.24) is 5.32 Å². The quantitative estimate of drug-likeness (QED) is 0.799. The number of carboxylic acids is 1. The zero-order chi connectivity index (χ0) is 13.9. The standard InChI is InChI=1S/C14H14N2O3/c15-8-10-3-1-4-11(7-10)9-16-12(17)14(13(18)19)5-2-6-14/h1,3-4,7H,2,5-6,9H2,(H,16,17)(H,18,19). The lowest BCUT2D eigenvalue weighted by atomic mass is 9.68. The summed E-state index contributed by atoms with van der Waals surface area (Å²) < 4.78 is 0. The summed E-state index contributed by atoms with van der Waals surface area (Å²) in [6, 6.07) is 8.89. The van der Waals surface area contributed by atoms with Gasteiger partial charge in [-0.05, 0) is 30.5 Å². The van der Waals surface area contributed by atoms with E-state index in [0.717, 1.165) is 12.0 Å². The van der Waals surface area contributed by atoms with Gasteiger partial charge in [-0.1, -0.05) is 18.6 Å². The third-order valence-electron chi connectivity index (χ3n) is 3.56. The number of rotatable bonds is 4. The van der Waals surface area contributed by atoms with Crippen molar-refractivity contribution < 1.29 is 14.7 Å². The van der Waals surface area contributed by atoms with Gasteiger partial charge in [-0.15, -0.1) is 0 Å². The molecule has 1 amide bonds. The van der Waals surface area contributed by atoms with Gasteiger partial charge in [0.1, 0.15) is 5.41 Å². The molecule has 0 radical (unpaired) electrons. The summed E-state index contributed by atoms with van der Waals surface area (Å²) in [4.78, 5) is 23.1. The Hall–Kier alpha value is -2.35. The van der Waals surface area contributed by atoms with Gasteiger partial charge in [-0.3, -0.25) is 9.59 Å². The minimum atomic E-state index is -1.24. The van der Waals surface area contributed by atoms with Crippen LogP contribution in [0.5, 0.6) is 0 Å². The number of nitriles is 1. The number of carbonyl (C=O) groups excluding carboxylic acids is 1. The molecule has 1 aromatic rings. The van der Waals surface area contributed by atoms with Gasteiger partial charge < -0.3 is 10.4 Å². The lowest BCUT2D eigenvalue weighted by Crippen LogP contribution is -2.50. The third kappa shape index (κ3) is 2.43. The van der Waals surface area contributed by atoms with Gasteiger partial charge in [0, 0.05) is 6.54 Å². The van der Waals surface area contributed by atoms with Gasteiger partial charge in [-0.2, -0.15) is 5.26 Å². The van der Waals surface area contributed by atoms with E-state index >= 15 is 0 Å². The van der Waals surface area contributed by atoms with E-state index in [1.165, 1.54) is 0 Å². The first kappa shape index (κ1) is 13.1. The highest BCUT2D eigenvalue weighted by atomic mass is 16.4. The van der Waals surface area contributed by atoms with Crippen LogP contribution in [0.25, 0.3) is 0 Å². The van der Waals surface area contributed by atoms with Gasteiger partial charge in [0.05, 0.1) is 11.6 Å². The van der Waals surface area contributed by atoms with Gasteiger partial charge in [-0.25, -0.2) is 0 Å². The summed E-state index contributed by atoms with van der Waals surface area (Å²) in [7, 11) is 0. The first-order valence-corrected chi connectivity index (χ1v) is 6.09. The minimum Gasteiger partial charge on any atom is -0.480 e. The summed E-state index contributed by atoms with van der Waals surface area (Å²) in [5.74, 6) is -1.49. The van der Waals surface area contributed by atoms with E-state index in [4.69, 9.17) is 10.4 Å². The number of aliphatic carboxylic acids is 1. The number of carbonyl (C=O) groups is 2. The molecule has 0 bridgehead atoms. The molecule has 2 N–H and O–H groups in total. The maximum absolute atomic E-state index is 12.0. The Balaban J connectivity index is 2.00. The Morgan fingerprint density at radius 3 is 2.68 bits per heavy atom. The van der Waals surface area contributed by atoms with Crippen molar-refractivity contribution in [3.05, 3.63) is 35.4 Å². The fraction of sp³-hybridized carbons (Fsp3) is 0.357. The second kappa shape index (κ2) is 5.11. The molecular weight excluding hydrogens is 244 g/mol. The van der Waals surface area contributed by atoms with Crippen LogP contribution in [0.15, 0.2) is 24.3 Å². The maximum Gasteiger partial charge on any atom is 0.319 e. The molecule has 0 heterocycles. The lowest BCUT2D eigenvalue weighted by Gasteiger charge is -2.35. The molecule has 19 heavy (non-hydrogen) atoms. The van der Waals surface area contributed by atoms with Crippen LogP contribution in [0, 0.1) is 16.7 Å². The average molecular weight is 258 g/mol. The molecule has 2 rings (SSSR count). The van der Waals surface area contributed by atoms with Gasteiger partial charge >= 0.3 is 5.97 Å². The van der Waals surface area contributed by atoms with Crippen LogP contribution < -0.4 is 5.32 Å². The van der Waals surface area contributed by atoms with Crippen molar-refractivity contribution in [2.24, 2.45) is 5.41 Å². The Labute approximate surface area is 110 Å². The Kier molecular flexibility index (Phi) is 3.52. The topological polar surface area (TPSA) is 90.2 Å². The molecule has 0 atom stereocenters. The van der Waals surface area contributed by atoms with Crippen LogP contribution in [0.3, 0.4) is 0 Å². The van der Waals surface area contributed by atoms with Crippen LogP contribution in [0.2, 0.25) is 0 Å². The second-order valence-electron chi connectivity index (χ2n) is 4.74. The molecule has 0 aliphatic heterocycles. The molecule has 98 valence electrons. The zero-order valence-corrected chi connectivity index (χ0v) is 10.3. The zero-order valence-electron chi connectivity index (χ0n) is 10.3. The number of amides is 1. The second-order valence-corrected chi connectivity index (χ2v) is 4.74. The Morgan fingerprint density at radius 1 is 1.42 bits per heavy atom. The van der Waals surface area contributed by atoms with E-state index in [2.05, 4.69) is 5.32 Å². The van der Waals surface area contributed by atoms with Crippen molar-refractivity contribution in [2.75, 3.05) is 0 Å². The first-order valence-electron chi connectivity index (χ1n) is 6.09. The summed E-state index contributed by atoms with van der Waals surface area (Å²) in [6.45, 7) is 0.239. The minimum absolute atomic E-state index is 0.239. The van der Waals surface area contributed by atoms with Gasteiger partial charge in [0.25, 0.3) is 0 Å². The highest BCUT2D eigenvalue weighted by Crippen LogP contribution is 2.41. The van der Waals surface area contributed by atoms with Crippen LogP contribution in [0.4, 0.5) is 0 Å². The summed E-state index contributed by atoms with van der Waals surface area (Å²) in [5, 5.41) is 20.5. The number of hydrogen-bond acceptors (Lipinski definition) is 3. The van der Waals surface area contributed by atoms with E-state index in [1.54, 1.807) is 24.3 Å². The largest absolute Gasteiger partial charge is 0.480 e. The van der Waals surface area contributed by atoms with E-state index < -0.39 is 17.3 Å². The highest BCUT2D eigenvalue weighted by molar-refractivity contribution is 6.02. The fourth-order valence-electron chi connectivity index (χ4n) is 2.17. The molecule has 1 aliphatic carbocycles. The average Bonchev–Trinajstić information content (AvgIpc) is 2.34. The van der Waals surface area contributed by atoms with Gasteiger partial charge in [0.15, 0.2) is 0 Å². The number of nitrogens with one attached hydrogen (secondary N) is 1. The number of nitrogens with zero attached hydrogens (tertiary/aromatic N) is 1. The van der Waals surface area contributed by atoms with Crippen molar-refractivity contribution in [3.8, 4) is 6.07 Å². The molecule has 1 fully saturated rings.